The van der Waals surface area contributed by atoms with Gasteiger partial charge in [-0.15, -0.1) is 0 Å². The number of imidazole rings is 1. The molecule has 3 aromatic rings. The topological polar surface area (TPSA) is 70.2 Å². The molecular formula is C25H30N4O2. The van der Waals surface area contributed by atoms with Gasteiger partial charge in [0.2, 0.25) is 5.91 Å². The minimum absolute atomic E-state index is 0.137. The van der Waals surface area contributed by atoms with Crippen molar-refractivity contribution in [1.82, 2.24) is 20.2 Å². The molecule has 1 aliphatic carbocycles. The van der Waals surface area contributed by atoms with E-state index in [9.17, 15) is 4.79 Å². The third-order valence-electron chi connectivity index (χ3n) is 6.82. The monoisotopic (exact) mass is 418 g/mol. The zero-order valence-electron chi connectivity index (χ0n) is 18.1. The Morgan fingerprint density at radius 1 is 1.16 bits per heavy atom. The number of hydrogen-bond donors (Lipinski definition) is 2. The lowest BCUT2D eigenvalue weighted by atomic mass is 9.94. The number of aromatic nitrogens is 2. The van der Waals surface area contributed by atoms with Gasteiger partial charge in [0.05, 0.1) is 30.9 Å². The van der Waals surface area contributed by atoms with E-state index in [0.717, 1.165) is 35.4 Å². The van der Waals surface area contributed by atoms with Crippen LogP contribution >= 0.6 is 0 Å². The lowest BCUT2D eigenvalue weighted by Crippen LogP contribution is -2.52. The van der Waals surface area contributed by atoms with Crippen LogP contribution in [0.15, 0.2) is 42.7 Å². The second kappa shape index (κ2) is 8.71. The van der Waals surface area contributed by atoms with Crippen LogP contribution in [0.4, 0.5) is 0 Å². The molecule has 2 N–H and O–H groups in total. The van der Waals surface area contributed by atoms with Crippen molar-refractivity contribution in [2.24, 2.45) is 0 Å². The number of aromatic amines is 1. The van der Waals surface area contributed by atoms with E-state index >= 15 is 0 Å². The number of rotatable bonds is 5. The second-order valence-electron chi connectivity index (χ2n) is 8.77. The average Bonchev–Trinajstić information content (AvgIpc) is 3.27. The lowest BCUT2D eigenvalue weighted by molar-refractivity contribution is -0.128. The van der Waals surface area contributed by atoms with Crippen LogP contribution in [0.3, 0.4) is 0 Å². The molecule has 1 fully saturated rings. The maximum Gasteiger partial charge on any atom is 0.238 e. The first-order valence-corrected chi connectivity index (χ1v) is 11.3. The van der Waals surface area contributed by atoms with Crippen molar-refractivity contribution in [3.8, 4) is 5.75 Å². The average molecular weight is 419 g/mol. The number of amides is 1. The second-order valence-corrected chi connectivity index (χ2v) is 8.77. The van der Waals surface area contributed by atoms with Crippen LogP contribution in [0, 0.1) is 0 Å². The van der Waals surface area contributed by atoms with E-state index in [2.05, 4.69) is 44.5 Å². The number of H-pyrrole nitrogens is 1. The van der Waals surface area contributed by atoms with Crippen LogP contribution in [0.25, 0.3) is 10.8 Å². The molecule has 162 valence electrons. The van der Waals surface area contributed by atoms with Crippen molar-refractivity contribution >= 4 is 16.7 Å². The summed E-state index contributed by atoms with van der Waals surface area (Å²) in [5.74, 6) is 1.01. The van der Waals surface area contributed by atoms with E-state index in [4.69, 9.17) is 4.74 Å². The van der Waals surface area contributed by atoms with Gasteiger partial charge in [-0.3, -0.25) is 9.69 Å². The highest BCUT2D eigenvalue weighted by Gasteiger charge is 2.34. The fourth-order valence-corrected chi connectivity index (χ4v) is 5.13. The molecule has 2 aromatic carbocycles. The molecule has 6 nitrogen and oxygen atoms in total. The Morgan fingerprint density at radius 3 is 2.77 bits per heavy atom. The third-order valence-corrected chi connectivity index (χ3v) is 6.82. The predicted molar refractivity (Wildman–Crippen MR) is 121 cm³/mol. The molecule has 1 saturated carbocycles. The smallest absolute Gasteiger partial charge is 0.238 e. The summed E-state index contributed by atoms with van der Waals surface area (Å²) in [5, 5.41) is 5.62. The standard InChI is InChI=1S/C25H30N4O2/c1-31-24-12-11-17(19-9-5-6-10-20(19)24)14-29-15-22-21(26-16-27-22)13-23(29)25(30)28-18-7-3-2-4-8-18/h5-6,9-12,16,18,23H,2-4,7-8,13-15H2,1H3,(H,26,27)(H,28,30). The van der Waals surface area contributed by atoms with Gasteiger partial charge in [-0.2, -0.15) is 0 Å². The molecule has 5 rings (SSSR count). The SMILES string of the molecule is COc1ccc(CN2Cc3[nH]cnc3CC2C(=O)NC2CCCCC2)c2ccccc12. The first-order chi connectivity index (χ1) is 15.2. The van der Waals surface area contributed by atoms with Crippen LogP contribution in [-0.4, -0.2) is 40.0 Å². The summed E-state index contributed by atoms with van der Waals surface area (Å²) < 4.78 is 5.56. The lowest BCUT2D eigenvalue weighted by Gasteiger charge is -2.35. The van der Waals surface area contributed by atoms with Crippen LogP contribution in [0.1, 0.15) is 49.1 Å². The summed E-state index contributed by atoms with van der Waals surface area (Å²) in [4.78, 5) is 23.4. The Hall–Kier alpha value is -2.86. The number of nitrogens with one attached hydrogen (secondary N) is 2. The fraction of sp³-hybridized carbons (Fsp3) is 0.440. The number of benzene rings is 2. The van der Waals surface area contributed by atoms with Crippen molar-refractivity contribution in [3.05, 3.63) is 59.7 Å². The van der Waals surface area contributed by atoms with Gasteiger partial charge in [0.1, 0.15) is 5.75 Å². The molecule has 1 atom stereocenters. The van der Waals surface area contributed by atoms with Crippen molar-refractivity contribution in [2.75, 3.05) is 7.11 Å². The number of carbonyl (C=O) groups excluding carboxylic acids is 1. The van der Waals surface area contributed by atoms with Gasteiger partial charge >= 0.3 is 0 Å². The molecule has 1 unspecified atom stereocenters. The molecule has 1 amide bonds. The summed E-state index contributed by atoms with van der Waals surface area (Å²) >= 11 is 0. The Morgan fingerprint density at radius 2 is 1.97 bits per heavy atom. The predicted octanol–water partition coefficient (Wildman–Crippen LogP) is 3.95. The summed E-state index contributed by atoms with van der Waals surface area (Å²) in [7, 11) is 1.71. The van der Waals surface area contributed by atoms with E-state index < -0.39 is 0 Å². The number of hydrogen-bond acceptors (Lipinski definition) is 4. The zero-order chi connectivity index (χ0) is 21.2. The molecule has 31 heavy (non-hydrogen) atoms. The Balaban J connectivity index is 1.43. The van der Waals surface area contributed by atoms with Gasteiger partial charge in [0.25, 0.3) is 0 Å². The minimum Gasteiger partial charge on any atom is -0.496 e. The van der Waals surface area contributed by atoms with E-state index in [1.165, 1.54) is 30.2 Å². The summed E-state index contributed by atoms with van der Waals surface area (Å²) in [5.41, 5.74) is 3.33. The Labute approximate surface area is 183 Å². The molecule has 0 spiro atoms. The highest BCUT2D eigenvalue weighted by atomic mass is 16.5. The third kappa shape index (κ3) is 4.04. The van der Waals surface area contributed by atoms with Crippen molar-refractivity contribution < 1.29 is 9.53 Å². The zero-order valence-corrected chi connectivity index (χ0v) is 18.1. The number of ether oxygens (including phenoxy) is 1. The van der Waals surface area contributed by atoms with Crippen LogP contribution in [0.2, 0.25) is 0 Å². The van der Waals surface area contributed by atoms with Gasteiger partial charge in [0, 0.05) is 30.9 Å². The Kier molecular flexibility index (Phi) is 5.64. The van der Waals surface area contributed by atoms with E-state index in [1.807, 2.05) is 12.1 Å². The minimum atomic E-state index is -0.210. The molecule has 0 radical (unpaired) electrons. The molecular weight excluding hydrogens is 388 g/mol. The van der Waals surface area contributed by atoms with Gasteiger partial charge in [-0.25, -0.2) is 4.98 Å². The van der Waals surface area contributed by atoms with Gasteiger partial charge in [0.15, 0.2) is 0 Å². The molecule has 0 saturated heterocycles. The maximum atomic E-state index is 13.4. The fourth-order valence-electron chi connectivity index (χ4n) is 5.13. The van der Waals surface area contributed by atoms with Gasteiger partial charge < -0.3 is 15.0 Å². The molecule has 6 heteroatoms. The van der Waals surface area contributed by atoms with Crippen molar-refractivity contribution in [3.63, 3.8) is 0 Å². The summed E-state index contributed by atoms with van der Waals surface area (Å²) in [6.07, 6.45) is 8.27. The number of carbonyl (C=O) groups is 1. The Bertz CT molecular complexity index is 1070. The summed E-state index contributed by atoms with van der Waals surface area (Å²) in [6.45, 7) is 1.39. The molecule has 1 aromatic heterocycles. The molecule has 0 bridgehead atoms. The first kappa shape index (κ1) is 20.1. The van der Waals surface area contributed by atoms with Crippen molar-refractivity contribution in [1.29, 1.82) is 0 Å². The number of methoxy groups -OCH3 is 1. The van der Waals surface area contributed by atoms with Gasteiger partial charge in [-0.05, 0) is 29.9 Å². The molecule has 2 aliphatic rings. The van der Waals surface area contributed by atoms with E-state index in [1.54, 1.807) is 13.4 Å². The quantitative estimate of drug-likeness (QED) is 0.658. The van der Waals surface area contributed by atoms with Gasteiger partial charge in [-0.1, -0.05) is 49.6 Å². The largest absolute Gasteiger partial charge is 0.496 e. The van der Waals surface area contributed by atoms with E-state index in [0.29, 0.717) is 25.6 Å². The first-order valence-electron chi connectivity index (χ1n) is 11.3. The highest BCUT2D eigenvalue weighted by Crippen LogP contribution is 2.31. The number of fused-ring (bicyclic) bond motifs is 2. The van der Waals surface area contributed by atoms with Crippen LogP contribution < -0.4 is 10.1 Å². The van der Waals surface area contributed by atoms with E-state index in [-0.39, 0.29) is 11.9 Å². The maximum absolute atomic E-state index is 13.4. The number of nitrogens with zero attached hydrogens (tertiary/aromatic N) is 2. The summed E-state index contributed by atoms with van der Waals surface area (Å²) in [6, 6.07) is 12.6. The van der Waals surface area contributed by atoms with Crippen LogP contribution in [0.5, 0.6) is 5.75 Å². The highest BCUT2D eigenvalue weighted by molar-refractivity contribution is 5.91. The normalized spacial score (nSPS) is 19.8. The molecule has 1 aliphatic heterocycles. The van der Waals surface area contributed by atoms with Crippen molar-refractivity contribution in [2.45, 2.75) is 63.7 Å². The van der Waals surface area contributed by atoms with Crippen LogP contribution in [-0.2, 0) is 24.3 Å². The molecule has 2 heterocycles.